The van der Waals surface area contributed by atoms with E-state index in [9.17, 15) is 4.79 Å². The molecule has 0 heterocycles. The van der Waals surface area contributed by atoms with Gasteiger partial charge < -0.3 is 10.4 Å². The molecule has 0 saturated heterocycles. The van der Waals surface area contributed by atoms with Crippen LogP contribution in [0.5, 0.6) is 0 Å². The summed E-state index contributed by atoms with van der Waals surface area (Å²) in [6.45, 7) is 2.69. The third-order valence-corrected chi connectivity index (χ3v) is 3.36. The smallest absolute Gasteiger partial charge is 0.337 e. The van der Waals surface area contributed by atoms with Crippen LogP contribution in [0, 0.1) is 0 Å². The number of anilines is 1. The lowest BCUT2D eigenvalue weighted by Crippen LogP contribution is -2.06. The minimum Gasteiger partial charge on any atom is -0.478 e. The van der Waals surface area contributed by atoms with Crippen LogP contribution in [0.2, 0.25) is 5.02 Å². The van der Waals surface area contributed by atoms with E-state index in [-0.39, 0.29) is 5.56 Å². The van der Waals surface area contributed by atoms with Gasteiger partial charge in [0, 0.05) is 17.3 Å². The summed E-state index contributed by atoms with van der Waals surface area (Å²) in [4.78, 5) is 11.2. The molecule has 0 radical (unpaired) electrons. The first-order valence-electron chi connectivity index (χ1n) is 6.44. The molecule has 0 amide bonds. The summed E-state index contributed by atoms with van der Waals surface area (Å²) in [5, 5.41) is 12.7. The summed E-state index contributed by atoms with van der Waals surface area (Å²) < 4.78 is 0. The Kier molecular flexibility index (Phi) is 4.64. The van der Waals surface area contributed by atoms with Crippen molar-refractivity contribution in [1.82, 2.24) is 0 Å². The fourth-order valence-electron chi connectivity index (χ4n) is 1.94. The minimum absolute atomic E-state index is 0.183. The molecule has 0 spiro atoms. The lowest BCUT2D eigenvalue weighted by atomic mass is 10.1. The van der Waals surface area contributed by atoms with Gasteiger partial charge >= 0.3 is 5.97 Å². The number of aryl methyl sites for hydroxylation is 1. The molecule has 104 valence electrons. The first-order chi connectivity index (χ1) is 9.60. The van der Waals surface area contributed by atoms with E-state index < -0.39 is 5.97 Å². The van der Waals surface area contributed by atoms with Crippen LogP contribution in [0.3, 0.4) is 0 Å². The van der Waals surface area contributed by atoms with E-state index in [4.69, 9.17) is 16.7 Å². The fourth-order valence-corrected chi connectivity index (χ4v) is 2.11. The number of carbonyl (C=O) groups is 1. The van der Waals surface area contributed by atoms with Gasteiger partial charge in [-0.1, -0.05) is 42.8 Å². The van der Waals surface area contributed by atoms with E-state index >= 15 is 0 Å². The highest BCUT2D eigenvalue weighted by molar-refractivity contribution is 6.31. The molecule has 0 aliphatic heterocycles. The fraction of sp³-hybridized carbons (Fsp3) is 0.188. The van der Waals surface area contributed by atoms with Crippen molar-refractivity contribution in [2.24, 2.45) is 0 Å². The van der Waals surface area contributed by atoms with E-state index in [2.05, 4.69) is 24.4 Å². The van der Waals surface area contributed by atoms with Crippen LogP contribution >= 0.6 is 11.6 Å². The second kappa shape index (κ2) is 6.44. The lowest BCUT2D eigenvalue weighted by molar-refractivity contribution is 0.0698. The van der Waals surface area contributed by atoms with E-state index in [1.807, 2.05) is 12.1 Å². The van der Waals surface area contributed by atoms with E-state index in [0.717, 1.165) is 12.0 Å². The van der Waals surface area contributed by atoms with Crippen molar-refractivity contribution < 1.29 is 9.90 Å². The highest BCUT2D eigenvalue weighted by atomic mass is 35.5. The summed E-state index contributed by atoms with van der Waals surface area (Å²) in [6, 6.07) is 13.1. The highest BCUT2D eigenvalue weighted by Gasteiger charge is 2.10. The lowest BCUT2D eigenvalue weighted by Gasteiger charge is -2.10. The number of nitrogens with one attached hydrogen (secondary N) is 1. The van der Waals surface area contributed by atoms with Crippen molar-refractivity contribution in [3.8, 4) is 0 Å². The Bertz CT molecular complexity index is 608. The Hall–Kier alpha value is -2.00. The summed E-state index contributed by atoms with van der Waals surface area (Å²) >= 11 is 5.82. The molecule has 2 aromatic carbocycles. The van der Waals surface area contributed by atoms with Crippen LogP contribution in [0.1, 0.15) is 28.4 Å². The quantitative estimate of drug-likeness (QED) is 0.867. The summed E-state index contributed by atoms with van der Waals surface area (Å²) in [7, 11) is 0. The Balaban J connectivity index is 2.12. The van der Waals surface area contributed by atoms with E-state index in [1.54, 1.807) is 12.1 Å². The summed E-state index contributed by atoms with van der Waals surface area (Å²) in [6.07, 6.45) is 1.01. The predicted molar refractivity (Wildman–Crippen MR) is 81.6 cm³/mol. The molecule has 2 rings (SSSR count). The number of carboxylic acids is 1. The molecule has 3 nitrogen and oxygen atoms in total. The number of hydrogen-bond acceptors (Lipinski definition) is 2. The maximum Gasteiger partial charge on any atom is 0.337 e. The molecule has 0 unspecified atom stereocenters. The largest absolute Gasteiger partial charge is 0.478 e. The van der Waals surface area contributed by atoms with Crippen molar-refractivity contribution >= 4 is 23.3 Å². The zero-order valence-electron chi connectivity index (χ0n) is 11.2. The normalized spacial score (nSPS) is 10.3. The van der Waals surface area contributed by atoms with Gasteiger partial charge in [0.1, 0.15) is 0 Å². The van der Waals surface area contributed by atoms with Gasteiger partial charge in [-0.05, 0) is 35.7 Å². The molecule has 2 aromatic rings. The van der Waals surface area contributed by atoms with Crippen molar-refractivity contribution in [3.63, 3.8) is 0 Å². The summed E-state index contributed by atoms with van der Waals surface area (Å²) in [5.74, 6) is -0.990. The highest BCUT2D eigenvalue weighted by Crippen LogP contribution is 2.21. The van der Waals surface area contributed by atoms with Crippen molar-refractivity contribution in [2.75, 3.05) is 5.32 Å². The Morgan fingerprint density at radius 2 is 1.80 bits per heavy atom. The average molecular weight is 290 g/mol. The molecule has 0 saturated carbocycles. The molecule has 2 N–H and O–H groups in total. The van der Waals surface area contributed by atoms with Crippen molar-refractivity contribution in [3.05, 3.63) is 64.2 Å². The van der Waals surface area contributed by atoms with Crippen LogP contribution in [0.25, 0.3) is 0 Å². The second-order valence-electron chi connectivity index (χ2n) is 4.52. The van der Waals surface area contributed by atoms with Crippen LogP contribution < -0.4 is 5.32 Å². The van der Waals surface area contributed by atoms with Gasteiger partial charge in [0.25, 0.3) is 0 Å². The van der Waals surface area contributed by atoms with Gasteiger partial charge in [-0.3, -0.25) is 0 Å². The first kappa shape index (κ1) is 14.4. The predicted octanol–water partition coefficient (Wildman–Crippen LogP) is 4.21. The van der Waals surface area contributed by atoms with Crippen LogP contribution in [-0.4, -0.2) is 11.1 Å². The molecular weight excluding hydrogens is 274 g/mol. The molecule has 0 aliphatic rings. The molecule has 20 heavy (non-hydrogen) atoms. The minimum atomic E-state index is -0.990. The van der Waals surface area contributed by atoms with E-state index in [1.165, 1.54) is 11.6 Å². The third kappa shape index (κ3) is 3.52. The van der Waals surface area contributed by atoms with Crippen molar-refractivity contribution in [1.29, 1.82) is 0 Å². The zero-order chi connectivity index (χ0) is 14.5. The number of halogens is 1. The topological polar surface area (TPSA) is 49.3 Å². The Labute approximate surface area is 123 Å². The Morgan fingerprint density at radius 3 is 2.40 bits per heavy atom. The molecular formula is C16H16ClNO2. The number of aromatic carboxylic acids is 1. The first-order valence-corrected chi connectivity index (χ1v) is 6.82. The second-order valence-corrected chi connectivity index (χ2v) is 4.96. The van der Waals surface area contributed by atoms with Crippen LogP contribution in [0.4, 0.5) is 5.69 Å². The van der Waals surface area contributed by atoms with E-state index in [0.29, 0.717) is 17.3 Å². The molecule has 0 aliphatic carbocycles. The SMILES string of the molecule is CCc1ccc(CNc2ccc(Cl)cc2C(=O)O)cc1. The van der Waals surface area contributed by atoms with Crippen molar-refractivity contribution in [2.45, 2.75) is 19.9 Å². The summed E-state index contributed by atoms with van der Waals surface area (Å²) in [5.41, 5.74) is 3.14. The van der Waals surface area contributed by atoms with Gasteiger partial charge in [-0.15, -0.1) is 0 Å². The molecule has 4 heteroatoms. The van der Waals surface area contributed by atoms with Crippen LogP contribution in [0.15, 0.2) is 42.5 Å². The standard InChI is InChI=1S/C16H16ClNO2/c1-2-11-3-5-12(6-4-11)10-18-15-8-7-13(17)9-14(15)16(19)20/h3-9,18H,2,10H2,1H3,(H,19,20). The molecule has 0 fully saturated rings. The number of carboxylic acid groups (broad SMARTS) is 1. The average Bonchev–Trinajstić information content (AvgIpc) is 2.46. The molecule has 0 bridgehead atoms. The zero-order valence-corrected chi connectivity index (χ0v) is 11.9. The third-order valence-electron chi connectivity index (χ3n) is 3.13. The van der Waals surface area contributed by atoms with Gasteiger partial charge in [0.15, 0.2) is 0 Å². The molecule has 0 atom stereocenters. The Morgan fingerprint density at radius 1 is 1.15 bits per heavy atom. The van der Waals surface area contributed by atoms with Crippen LogP contribution in [-0.2, 0) is 13.0 Å². The number of benzene rings is 2. The number of rotatable bonds is 5. The van der Waals surface area contributed by atoms with Gasteiger partial charge in [0.2, 0.25) is 0 Å². The number of hydrogen-bond donors (Lipinski definition) is 2. The maximum absolute atomic E-state index is 11.2. The molecule has 0 aromatic heterocycles. The van der Waals surface area contributed by atoms with Gasteiger partial charge in [-0.25, -0.2) is 4.79 Å². The maximum atomic E-state index is 11.2. The van der Waals surface area contributed by atoms with Gasteiger partial charge in [-0.2, -0.15) is 0 Å². The monoisotopic (exact) mass is 289 g/mol. The van der Waals surface area contributed by atoms with Gasteiger partial charge in [0.05, 0.1) is 5.56 Å².